The van der Waals surface area contributed by atoms with Gasteiger partial charge in [0.25, 0.3) is 0 Å². The third-order valence-electron chi connectivity index (χ3n) is 3.58. The molecule has 100 valence electrons. The first-order valence-corrected chi connectivity index (χ1v) is 6.81. The van der Waals surface area contributed by atoms with E-state index in [0.717, 1.165) is 5.75 Å². The maximum absolute atomic E-state index is 9.21. The quantitative estimate of drug-likeness (QED) is 0.842. The van der Waals surface area contributed by atoms with Gasteiger partial charge in [-0.2, -0.15) is 0 Å². The van der Waals surface area contributed by atoms with Crippen molar-refractivity contribution in [2.45, 2.75) is 44.8 Å². The first-order valence-electron chi connectivity index (χ1n) is 6.81. The molecule has 3 heteroatoms. The zero-order valence-electron chi connectivity index (χ0n) is 11.3. The zero-order chi connectivity index (χ0) is 13.0. The maximum atomic E-state index is 9.21. The number of ether oxygens (including phenoxy) is 1. The maximum Gasteiger partial charge on any atom is 0.119 e. The summed E-state index contributed by atoms with van der Waals surface area (Å²) in [4.78, 5) is 0. The molecular weight excluding hydrogens is 226 g/mol. The molecule has 0 amide bonds. The molecule has 3 nitrogen and oxygen atoms in total. The van der Waals surface area contributed by atoms with Gasteiger partial charge in [0.05, 0.1) is 12.7 Å². The molecular formula is C15H23NO2. The van der Waals surface area contributed by atoms with Crippen molar-refractivity contribution < 1.29 is 9.84 Å². The number of benzene rings is 1. The molecule has 0 radical (unpaired) electrons. The molecule has 0 heterocycles. The Hall–Kier alpha value is -1.06. The van der Waals surface area contributed by atoms with Gasteiger partial charge in [-0.1, -0.05) is 6.07 Å². The molecule has 0 aromatic heterocycles. The van der Waals surface area contributed by atoms with Crippen molar-refractivity contribution in [3.8, 4) is 5.75 Å². The molecule has 0 saturated heterocycles. The van der Waals surface area contributed by atoms with Crippen molar-refractivity contribution in [2.75, 3.05) is 13.7 Å². The molecule has 2 atom stereocenters. The van der Waals surface area contributed by atoms with E-state index in [0.29, 0.717) is 19.1 Å². The number of aliphatic hydroxyl groups is 1. The van der Waals surface area contributed by atoms with Crippen LogP contribution in [0.3, 0.4) is 0 Å². The monoisotopic (exact) mass is 249 g/mol. The molecule has 1 aromatic rings. The number of fused-ring (bicyclic) bond motifs is 1. The van der Waals surface area contributed by atoms with E-state index in [9.17, 15) is 5.11 Å². The summed E-state index contributed by atoms with van der Waals surface area (Å²) in [6.07, 6.45) is 3.99. The van der Waals surface area contributed by atoms with Crippen LogP contribution in [0.5, 0.6) is 5.75 Å². The van der Waals surface area contributed by atoms with Gasteiger partial charge in [-0.3, -0.25) is 0 Å². The largest absolute Gasteiger partial charge is 0.493 e. The molecule has 1 aromatic carbocycles. The van der Waals surface area contributed by atoms with Gasteiger partial charge in [-0.15, -0.1) is 0 Å². The number of hydrogen-bond donors (Lipinski definition) is 2. The predicted octanol–water partition coefficient (Wildman–Crippen LogP) is 2.43. The lowest BCUT2D eigenvalue weighted by atomic mass is 9.87. The van der Waals surface area contributed by atoms with E-state index in [1.165, 1.54) is 30.4 Å². The fourth-order valence-corrected chi connectivity index (χ4v) is 2.51. The first-order chi connectivity index (χ1) is 8.70. The van der Waals surface area contributed by atoms with E-state index in [2.05, 4.69) is 17.4 Å². The lowest BCUT2D eigenvalue weighted by Gasteiger charge is -2.25. The van der Waals surface area contributed by atoms with Gasteiger partial charge in [0.2, 0.25) is 0 Å². The van der Waals surface area contributed by atoms with E-state index in [-0.39, 0.29) is 6.10 Å². The third-order valence-corrected chi connectivity index (χ3v) is 3.58. The lowest BCUT2D eigenvalue weighted by molar-refractivity contribution is 0.155. The summed E-state index contributed by atoms with van der Waals surface area (Å²) < 4.78 is 5.69. The Labute approximate surface area is 109 Å². The average molecular weight is 249 g/mol. The van der Waals surface area contributed by atoms with Crippen molar-refractivity contribution in [1.29, 1.82) is 0 Å². The zero-order valence-corrected chi connectivity index (χ0v) is 11.3. The highest BCUT2D eigenvalue weighted by Crippen LogP contribution is 2.32. The molecule has 0 aliphatic heterocycles. The van der Waals surface area contributed by atoms with E-state index in [4.69, 9.17) is 4.74 Å². The van der Waals surface area contributed by atoms with E-state index in [1.54, 1.807) is 6.92 Å². The Bertz CT molecular complexity index is 390. The number of nitrogens with one attached hydrogen (secondary N) is 1. The fraction of sp³-hybridized carbons (Fsp3) is 0.600. The van der Waals surface area contributed by atoms with Crippen LogP contribution >= 0.6 is 0 Å². The van der Waals surface area contributed by atoms with Gasteiger partial charge in [0.1, 0.15) is 5.75 Å². The molecule has 1 aliphatic rings. The van der Waals surface area contributed by atoms with Crippen LogP contribution in [0.25, 0.3) is 0 Å². The van der Waals surface area contributed by atoms with Crippen LogP contribution in [-0.2, 0) is 6.42 Å². The minimum absolute atomic E-state index is 0.298. The van der Waals surface area contributed by atoms with Crippen molar-refractivity contribution in [3.05, 3.63) is 29.3 Å². The summed E-state index contributed by atoms with van der Waals surface area (Å²) in [5.41, 5.74) is 2.81. The standard InChI is InChI=1S/C15H23NO2/c1-11(17)8-9-18-13-7-6-12-4-3-5-15(16-2)14(12)10-13/h6-7,10-11,15-17H,3-5,8-9H2,1-2H3. The van der Waals surface area contributed by atoms with E-state index in [1.807, 2.05) is 13.1 Å². The van der Waals surface area contributed by atoms with Crippen LogP contribution < -0.4 is 10.1 Å². The van der Waals surface area contributed by atoms with Gasteiger partial charge < -0.3 is 15.2 Å². The van der Waals surface area contributed by atoms with Crippen LogP contribution in [0.4, 0.5) is 0 Å². The number of aliphatic hydroxyl groups excluding tert-OH is 1. The number of hydrogen-bond acceptors (Lipinski definition) is 3. The lowest BCUT2D eigenvalue weighted by Crippen LogP contribution is -2.21. The Morgan fingerprint density at radius 2 is 2.33 bits per heavy atom. The summed E-state index contributed by atoms with van der Waals surface area (Å²) in [7, 11) is 2.01. The van der Waals surface area contributed by atoms with Crippen molar-refractivity contribution in [2.24, 2.45) is 0 Å². The molecule has 18 heavy (non-hydrogen) atoms. The van der Waals surface area contributed by atoms with Gasteiger partial charge in [0.15, 0.2) is 0 Å². The summed E-state index contributed by atoms with van der Waals surface area (Å²) in [6, 6.07) is 6.82. The van der Waals surface area contributed by atoms with Crippen LogP contribution in [-0.4, -0.2) is 24.9 Å². The predicted molar refractivity (Wildman–Crippen MR) is 73.0 cm³/mol. The Morgan fingerprint density at radius 1 is 1.50 bits per heavy atom. The van der Waals surface area contributed by atoms with E-state index >= 15 is 0 Å². The summed E-state index contributed by atoms with van der Waals surface area (Å²) in [5, 5.41) is 12.6. The minimum Gasteiger partial charge on any atom is -0.493 e. The molecule has 2 unspecified atom stereocenters. The minimum atomic E-state index is -0.298. The summed E-state index contributed by atoms with van der Waals surface area (Å²) >= 11 is 0. The molecule has 1 aliphatic carbocycles. The van der Waals surface area contributed by atoms with Crippen LogP contribution in [0.2, 0.25) is 0 Å². The Morgan fingerprint density at radius 3 is 3.06 bits per heavy atom. The highest BCUT2D eigenvalue weighted by Gasteiger charge is 2.19. The van der Waals surface area contributed by atoms with Gasteiger partial charge in [0, 0.05) is 12.5 Å². The van der Waals surface area contributed by atoms with E-state index < -0.39 is 0 Å². The van der Waals surface area contributed by atoms with Gasteiger partial charge >= 0.3 is 0 Å². The molecule has 2 rings (SSSR count). The third kappa shape index (κ3) is 3.24. The van der Waals surface area contributed by atoms with Crippen LogP contribution in [0, 0.1) is 0 Å². The highest BCUT2D eigenvalue weighted by atomic mass is 16.5. The fourth-order valence-electron chi connectivity index (χ4n) is 2.51. The van der Waals surface area contributed by atoms with Crippen LogP contribution in [0.1, 0.15) is 43.4 Å². The molecule has 0 saturated carbocycles. The molecule has 0 spiro atoms. The molecule has 2 N–H and O–H groups in total. The van der Waals surface area contributed by atoms with Crippen LogP contribution in [0.15, 0.2) is 18.2 Å². The smallest absolute Gasteiger partial charge is 0.119 e. The van der Waals surface area contributed by atoms with Crippen molar-refractivity contribution in [1.82, 2.24) is 5.32 Å². The SMILES string of the molecule is CNC1CCCc2ccc(OCCC(C)O)cc21. The topological polar surface area (TPSA) is 41.5 Å². The second-order valence-corrected chi connectivity index (χ2v) is 5.08. The highest BCUT2D eigenvalue weighted by molar-refractivity contribution is 5.39. The summed E-state index contributed by atoms with van der Waals surface area (Å²) in [5.74, 6) is 0.913. The molecule has 0 bridgehead atoms. The van der Waals surface area contributed by atoms with Crippen molar-refractivity contribution in [3.63, 3.8) is 0 Å². The molecule has 0 fully saturated rings. The first kappa shape index (κ1) is 13.4. The number of aryl methyl sites for hydroxylation is 1. The van der Waals surface area contributed by atoms with Gasteiger partial charge in [-0.25, -0.2) is 0 Å². The Balaban J connectivity index is 2.05. The van der Waals surface area contributed by atoms with Crippen molar-refractivity contribution >= 4 is 0 Å². The second kappa shape index (κ2) is 6.21. The normalized spacial score (nSPS) is 20.3. The number of rotatable bonds is 5. The second-order valence-electron chi connectivity index (χ2n) is 5.08. The van der Waals surface area contributed by atoms with Gasteiger partial charge in [-0.05, 0) is 56.5 Å². The summed E-state index contributed by atoms with van der Waals surface area (Å²) in [6.45, 7) is 2.36. The average Bonchev–Trinajstić information content (AvgIpc) is 2.37. The Kier molecular flexibility index (Phi) is 4.61.